The van der Waals surface area contributed by atoms with Crippen molar-refractivity contribution in [2.75, 3.05) is 5.32 Å². The van der Waals surface area contributed by atoms with Gasteiger partial charge in [-0.25, -0.2) is 4.98 Å². The molecule has 5 aromatic carbocycles. The summed E-state index contributed by atoms with van der Waals surface area (Å²) in [6, 6.07) is 45.8. The van der Waals surface area contributed by atoms with Crippen LogP contribution in [-0.4, -0.2) is 11.0 Å². The quantitative estimate of drug-likeness (QED) is 0.187. The Morgan fingerprint density at radius 1 is 0.646 bits per heavy atom. The molecular formula is C43H33N3S2. The van der Waals surface area contributed by atoms with Gasteiger partial charge in [-0.05, 0) is 76.6 Å². The fraction of sp³-hybridized carbons (Fsp3) is 0.0930. The third kappa shape index (κ3) is 5.49. The highest BCUT2D eigenvalue weighted by atomic mass is 32.2. The molecule has 0 spiro atoms. The zero-order chi connectivity index (χ0) is 31.9. The van der Waals surface area contributed by atoms with Gasteiger partial charge in [-0.1, -0.05) is 133 Å². The van der Waals surface area contributed by atoms with Crippen molar-refractivity contribution < 1.29 is 0 Å². The van der Waals surface area contributed by atoms with Crippen molar-refractivity contribution in [1.29, 1.82) is 0 Å². The maximum atomic E-state index is 4.92. The smallest absolute Gasteiger partial charge is 0.124 e. The van der Waals surface area contributed by atoms with E-state index in [1.807, 2.05) is 11.8 Å². The zero-order valence-corrected chi connectivity index (χ0v) is 27.9. The van der Waals surface area contributed by atoms with Crippen LogP contribution in [0.4, 0.5) is 5.69 Å². The predicted molar refractivity (Wildman–Crippen MR) is 205 cm³/mol. The monoisotopic (exact) mass is 655 g/mol. The Kier molecular flexibility index (Phi) is 7.57. The Morgan fingerprint density at radius 2 is 1.40 bits per heavy atom. The summed E-state index contributed by atoms with van der Waals surface area (Å²) in [6.07, 6.45) is 11.6. The van der Waals surface area contributed by atoms with E-state index >= 15 is 0 Å². The first kappa shape index (κ1) is 29.1. The lowest BCUT2D eigenvalue weighted by molar-refractivity contribution is 0.821. The van der Waals surface area contributed by atoms with E-state index in [1.165, 1.54) is 54.3 Å². The van der Waals surface area contributed by atoms with Gasteiger partial charge in [0.25, 0.3) is 0 Å². The minimum absolute atomic E-state index is 0.0330. The predicted octanol–water partition coefficient (Wildman–Crippen LogP) is 11.4. The summed E-state index contributed by atoms with van der Waals surface area (Å²) in [5.74, 6) is 0. The van der Waals surface area contributed by atoms with Crippen LogP contribution in [0.15, 0.2) is 162 Å². The summed E-state index contributed by atoms with van der Waals surface area (Å²) in [5.41, 5.74) is 13.2. The van der Waals surface area contributed by atoms with E-state index in [0.29, 0.717) is 0 Å². The zero-order valence-electron chi connectivity index (χ0n) is 26.3. The van der Waals surface area contributed by atoms with Gasteiger partial charge in [-0.3, -0.25) is 0 Å². The molecule has 3 nitrogen and oxygen atoms in total. The number of para-hydroxylation sites is 2. The number of hydrogen-bond donors (Lipinski definition) is 2. The van der Waals surface area contributed by atoms with E-state index in [2.05, 4.69) is 162 Å². The normalized spacial score (nSPS) is 18.6. The molecule has 0 radical (unpaired) electrons. The Bertz CT molecular complexity index is 2200. The molecule has 2 unspecified atom stereocenters. The standard InChI is InChI=1S/C43H33N3S2/c1-3-11-30(12-4-1)40-34(28-19-23-32(24-20-28)42-44-36-15-7-9-17-38(36)47-42)27-35(41(46-40)31-13-5-2-6-14-31)29-21-25-33(26-22-29)43-45-37-16-8-10-18-39(37)48-43/h1,3-5,7-27,41-42,44,46H,2,6H2. The fourth-order valence-corrected chi connectivity index (χ4v) is 8.93. The fourth-order valence-electron chi connectivity index (χ4n) is 6.82. The topological polar surface area (TPSA) is 37.0 Å². The number of rotatable bonds is 6. The summed E-state index contributed by atoms with van der Waals surface area (Å²) in [6.45, 7) is 0. The average molecular weight is 656 g/mol. The second-order valence-electron chi connectivity index (χ2n) is 12.3. The van der Waals surface area contributed by atoms with Crippen molar-refractivity contribution >= 4 is 55.8 Å². The SMILES string of the molecule is C1=CC(C2NC(c3ccccc3)=C(c3ccc(C4Nc5ccccc5S4)cc3)C=C2c2ccc(-c3nc4ccccc4s3)cc2)=CCC1. The van der Waals surface area contributed by atoms with Crippen LogP contribution in [0.1, 0.15) is 40.5 Å². The summed E-state index contributed by atoms with van der Waals surface area (Å²) < 4.78 is 1.22. The van der Waals surface area contributed by atoms with Crippen molar-refractivity contribution in [2.45, 2.75) is 29.2 Å². The maximum Gasteiger partial charge on any atom is 0.124 e. The van der Waals surface area contributed by atoms with Gasteiger partial charge in [0.2, 0.25) is 0 Å². The van der Waals surface area contributed by atoms with Gasteiger partial charge < -0.3 is 10.6 Å². The number of nitrogens with zero attached hydrogens (tertiary/aromatic N) is 1. The van der Waals surface area contributed by atoms with Gasteiger partial charge in [0.1, 0.15) is 10.4 Å². The number of anilines is 1. The number of fused-ring (bicyclic) bond motifs is 2. The first-order valence-corrected chi connectivity index (χ1v) is 18.2. The molecule has 3 heterocycles. The molecule has 2 aliphatic heterocycles. The molecular weight excluding hydrogens is 623 g/mol. The molecule has 1 aliphatic carbocycles. The van der Waals surface area contributed by atoms with E-state index in [-0.39, 0.29) is 11.4 Å². The highest BCUT2D eigenvalue weighted by Gasteiger charge is 2.28. The number of dihydropyridines is 1. The van der Waals surface area contributed by atoms with Crippen LogP contribution in [0, 0.1) is 0 Å². The molecule has 2 N–H and O–H groups in total. The Labute approximate surface area is 289 Å². The lowest BCUT2D eigenvalue weighted by atomic mass is 9.83. The number of thioether (sulfide) groups is 1. The Morgan fingerprint density at radius 3 is 2.19 bits per heavy atom. The number of thiazole rings is 1. The molecule has 2 atom stereocenters. The Balaban J connectivity index is 1.12. The number of benzene rings is 5. The minimum Gasteiger partial charge on any atom is -0.373 e. The van der Waals surface area contributed by atoms with Gasteiger partial charge in [-0.2, -0.15) is 0 Å². The highest BCUT2D eigenvalue weighted by molar-refractivity contribution is 8.00. The number of allylic oxidation sites excluding steroid dienone is 4. The number of hydrogen-bond acceptors (Lipinski definition) is 5. The average Bonchev–Trinajstić information content (AvgIpc) is 3.80. The number of aromatic nitrogens is 1. The molecule has 0 saturated heterocycles. The molecule has 232 valence electrons. The van der Waals surface area contributed by atoms with Crippen LogP contribution in [0.2, 0.25) is 0 Å². The molecule has 0 amide bonds. The molecule has 9 rings (SSSR count). The van der Waals surface area contributed by atoms with Gasteiger partial charge >= 0.3 is 0 Å². The summed E-state index contributed by atoms with van der Waals surface area (Å²) in [5, 5.41) is 9.00. The van der Waals surface area contributed by atoms with Gasteiger partial charge in [0, 0.05) is 21.7 Å². The van der Waals surface area contributed by atoms with Gasteiger partial charge in [-0.15, -0.1) is 11.3 Å². The van der Waals surface area contributed by atoms with Crippen LogP contribution in [0.25, 0.3) is 37.6 Å². The van der Waals surface area contributed by atoms with E-state index in [1.54, 1.807) is 11.3 Å². The maximum absolute atomic E-state index is 4.92. The molecule has 5 heteroatoms. The van der Waals surface area contributed by atoms with Crippen LogP contribution >= 0.6 is 23.1 Å². The lowest BCUT2D eigenvalue weighted by Gasteiger charge is -2.33. The van der Waals surface area contributed by atoms with Crippen LogP contribution in [0.5, 0.6) is 0 Å². The molecule has 48 heavy (non-hydrogen) atoms. The summed E-state index contributed by atoms with van der Waals surface area (Å²) in [7, 11) is 0. The number of nitrogens with one attached hydrogen (secondary N) is 2. The Hall–Kier alpha value is -5.10. The van der Waals surface area contributed by atoms with E-state index in [0.717, 1.165) is 34.6 Å². The third-order valence-electron chi connectivity index (χ3n) is 9.29. The first-order chi connectivity index (χ1) is 23.8. The van der Waals surface area contributed by atoms with E-state index in [9.17, 15) is 0 Å². The minimum atomic E-state index is 0.0330. The molecule has 6 aromatic rings. The molecule has 0 saturated carbocycles. The summed E-state index contributed by atoms with van der Waals surface area (Å²) in [4.78, 5) is 6.22. The third-order valence-corrected chi connectivity index (χ3v) is 11.6. The van der Waals surface area contributed by atoms with Crippen molar-refractivity contribution in [3.05, 3.63) is 180 Å². The molecule has 0 fully saturated rings. The van der Waals surface area contributed by atoms with Gasteiger partial charge in [0.05, 0.1) is 22.0 Å². The van der Waals surface area contributed by atoms with Gasteiger partial charge in [0.15, 0.2) is 0 Å². The van der Waals surface area contributed by atoms with Crippen LogP contribution in [-0.2, 0) is 0 Å². The highest BCUT2D eigenvalue weighted by Crippen LogP contribution is 2.47. The lowest BCUT2D eigenvalue weighted by Crippen LogP contribution is -2.34. The van der Waals surface area contributed by atoms with E-state index in [4.69, 9.17) is 4.98 Å². The van der Waals surface area contributed by atoms with Crippen LogP contribution < -0.4 is 10.6 Å². The van der Waals surface area contributed by atoms with Crippen molar-refractivity contribution in [2.24, 2.45) is 0 Å². The molecule has 3 aliphatic rings. The molecule has 0 bridgehead atoms. The van der Waals surface area contributed by atoms with Crippen LogP contribution in [0.3, 0.4) is 0 Å². The second-order valence-corrected chi connectivity index (χ2v) is 14.5. The largest absolute Gasteiger partial charge is 0.373 e. The first-order valence-electron chi connectivity index (χ1n) is 16.5. The second kappa shape index (κ2) is 12.5. The summed E-state index contributed by atoms with van der Waals surface area (Å²) >= 11 is 3.63. The van der Waals surface area contributed by atoms with Crippen molar-refractivity contribution in [3.63, 3.8) is 0 Å². The van der Waals surface area contributed by atoms with Crippen molar-refractivity contribution in [3.8, 4) is 10.6 Å². The van der Waals surface area contributed by atoms with Crippen molar-refractivity contribution in [1.82, 2.24) is 10.3 Å². The van der Waals surface area contributed by atoms with E-state index < -0.39 is 0 Å². The molecule has 1 aromatic heterocycles.